The fourth-order valence-electron chi connectivity index (χ4n) is 1.86. The molecule has 0 N–H and O–H groups in total. The molecule has 0 bridgehead atoms. The maximum atomic E-state index is 6.26. The van der Waals surface area contributed by atoms with Gasteiger partial charge in [0.1, 0.15) is 10.2 Å². The molecule has 2 nitrogen and oxygen atoms in total. The number of hydrogen-bond acceptors (Lipinski definition) is 3. The predicted molar refractivity (Wildman–Crippen MR) is 86.9 cm³/mol. The second kappa shape index (κ2) is 5.37. The van der Waals surface area contributed by atoms with Gasteiger partial charge in [-0.05, 0) is 28.1 Å². The molecule has 0 atom stereocenters. The fraction of sp³-hybridized carbons (Fsp3) is 0.0769. The Labute approximate surface area is 132 Å². The van der Waals surface area contributed by atoms with Crippen LogP contribution in [-0.2, 0) is 0 Å². The van der Waals surface area contributed by atoms with E-state index in [1.165, 1.54) is 11.3 Å². The Morgan fingerprint density at radius 2 is 1.95 bits per heavy atom. The molecule has 0 radical (unpaired) electrons. The van der Waals surface area contributed by atoms with Gasteiger partial charge in [0.05, 0.1) is 16.0 Å². The molecule has 1 aromatic heterocycles. The van der Waals surface area contributed by atoms with E-state index < -0.39 is 0 Å². The van der Waals surface area contributed by atoms with Gasteiger partial charge in [-0.1, -0.05) is 41.4 Å². The highest BCUT2D eigenvalue weighted by atomic mass is 79.9. The minimum absolute atomic E-state index is 0.376. The van der Waals surface area contributed by atoms with E-state index in [2.05, 4.69) is 25.9 Å². The summed E-state index contributed by atoms with van der Waals surface area (Å²) in [5.74, 6) is 0. The Bertz CT molecular complexity index is 706. The lowest BCUT2D eigenvalue weighted by molar-refractivity contribution is 1.31. The largest absolute Gasteiger partial charge is 0.277 e. The van der Waals surface area contributed by atoms with Gasteiger partial charge in [0.2, 0.25) is 0 Å². The lowest BCUT2D eigenvalue weighted by Gasteiger charge is -2.06. The monoisotopic (exact) mass is 372 g/mol. The van der Waals surface area contributed by atoms with Crippen molar-refractivity contribution < 1.29 is 0 Å². The van der Waals surface area contributed by atoms with Crippen molar-refractivity contribution >= 4 is 66.4 Å². The Balaban J connectivity index is 2.21. The second-order valence-electron chi connectivity index (χ2n) is 3.90. The first-order valence-corrected chi connectivity index (χ1v) is 7.84. The first-order valence-electron chi connectivity index (χ1n) is 5.47. The minimum atomic E-state index is 0.376. The maximum absolute atomic E-state index is 6.26. The molecular weight excluding hydrogens is 367 g/mol. The van der Waals surface area contributed by atoms with Gasteiger partial charge in [-0.25, -0.2) is 4.99 Å². The highest BCUT2D eigenvalue weighted by Crippen LogP contribution is 2.38. The van der Waals surface area contributed by atoms with Crippen molar-refractivity contribution in [2.45, 2.75) is 0 Å². The van der Waals surface area contributed by atoms with Crippen molar-refractivity contribution in [3.05, 3.63) is 50.3 Å². The fourth-order valence-corrected chi connectivity index (χ4v) is 3.75. The number of nitrogens with zero attached hydrogens (tertiary/aromatic N) is 2. The molecule has 96 valence electrons. The molecule has 2 heterocycles. The van der Waals surface area contributed by atoms with E-state index in [1.54, 1.807) is 0 Å². The molecule has 1 aliphatic heterocycles. The normalized spacial score (nSPS) is 14.5. The number of hydrogen-bond donors (Lipinski definition) is 0. The number of halogens is 3. The molecule has 0 saturated carbocycles. The lowest BCUT2D eigenvalue weighted by atomic mass is 10.0. The molecule has 0 fully saturated rings. The summed E-state index contributed by atoms with van der Waals surface area (Å²) < 4.78 is 0.993. The van der Waals surface area contributed by atoms with Crippen LogP contribution in [0.2, 0.25) is 5.02 Å². The van der Waals surface area contributed by atoms with Gasteiger partial charge in [0, 0.05) is 16.1 Å². The highest BCUT2D eigenvalue weighted by molar-refractivity contribution is 9.11. The van der Waals surface area contributed by atoms with E-state index in [-0.39, 0.29) is 0 Å². The minimum Gasteiger partial charge on any atom is -0.277 e. The summed E-state index contributed by atoms with van der Waals surface area (Å²) in [5.41, 5.74) is 2.69. The highest BCUT2D eigenvalue weighted by Gasteiger charge is 2.19. The average molecular weight is 374 g/mol. The van der Waals surface area contributed by atoms with Crippen LogP contribution in [0.15, 0.2) is 44.1 Å². The maximum Gasteiger partial charge on any atom is 0.129 e. The molecule has 6 heteroatoms. The van der Waals surface area contributed by atoms with Gasteiger partial charge >= 0.3 is 0 Å². The van der Waals surface area contributed by atoms with Gasteiger partial charge in [-0.2, -0.15) is 0 Å². The van der Waals surface area contributed by atoms with Crippen LogP contribution in [0.25, 0.3) is 0 Å². The van der Waals surface area contributed by atoms with Crippen molar-refractivity contribution in [2.75, 3.05) is 6.54 Å². The molecule has 1 aliphatic rings. The van der Waals surface area contributed by atoms with Crippen LogP contribution < -0.4 is 0 Å². The predicted octanol–water partition coefficient (Wildman–Crippen LogP) is 5.28. The van der Waals surface area contributed by atoms with Gasteiger partial charge in [-0.15, -0.1) is 11.3 Å². The Hall–Kier alpha value is -0.680. The first-order chi connectivity index (χ1) is 9.15. The zero-order valence-electron chi connectivity index (χ0n) is 9.53. The van der Waals surface area contributed by atoms with Crippen molar-refractivity contribution in [2.24, 2.45) is 9.98 Å². The van der Waals surface area contributed by atoms with Crippen LogP contribution in [0.1, 0.15) is 11.1 Å². The smallest absolute Gasteiger partial charge is 0.129 e. The third-order valence-electron chi connectivity index (χ3n) is 2.66. The molecule has 0 saturated heterocycles. The van der Waals surface area contributed by atoms with E-state index >= 15 is 0 Å². The zero-order chi connectivity index (χ0) is 13.4. The third kappa shape index (κ3) is 2.63. The number of fused-ring (bicyclic) bond motifs is 1. The van der Waals surface area contributed by atoms with E-state index in [1.807, 2.05) is 30.3 Å². The summed E-state index contributed by atoms with van der Waals surface area (Å²) in [7, 11) is 0. The van der Waals surface area contributed by atoms with Crippen molar-refractivity contribution in [1.82, 2.24) is 0 Å². The van der Waals surface area contributed by atoms with Crippen LogP contribution in [0.4, 0.5) is 5.00 Å². The molecule has 0 aliphatic carbocycles. The van der Waals surface area contributed by atoms with Crippen LogP contribution in [0, 0.1) is 0 Å². The SMILES string of the molecule is ClC1=Nc2sc(Br)cc2C(c2ccccc2Cl)=NC1. The summed E-state index contributed by atoms with van der Waals surface area (Å²) in [6, 6.07) is 9.65. The Morgan fingerprint density at radius 1 is 1.16 bits per heavy atom. The number of benzene rings is 1. The lowest BCUT2D eigenvalue weighted by Crippen LogP contribution is -2.04. The summed E-state index contributed by atoms with van der Waals surface area (Å²) in [4.78, 5) is 8.92. The zero-order valence-corrected chi connectivity index (χ0v) is 13.4. The van der Waals surface area contributed by atoms with E-state index in [4.69, 9.17) is 23.2 Å². The van der Waals surface area contributed by atoms with Crippen LogP contribution in [-0.4, -0.2) is 17.4 Å². The molecule has 19 heavy (non-hydrogen) atoms. The van der Waals surface area contributed by atoms with E-state index in [9.17, 15) is 0 Å². The van der Waals surface area contributed by atoms with Gasteiger partial charge < -0.3 is 0 Å². The molecule has 1 aromatic carbocycles. The topological polar surface area (TPSA) is 24.7 Å². The molecule has 3 rings (SSSR count). The number of rotatable bonds is 1. The summed E-state index contributed by atoms with van der Waals surface area (Å²) in [5, 5.41) is 2.01. The standard InChI is InChI=1S/C13H7BrCl2N2S/c14-10-5-8-12(7-3-1-2-4-9(7)15)17-6-11(16)18-13(8)19-10/h1-5H,6H2. The van der Waals surface area contributed by atoms with Crippen molar-refractivity contribution in [3.63, 3.8) is 0 Å². The molecule has 2 aromatic rings. The van der Waals surface area contributed by atoms with E-state index in [0.29, 0.717) is 16.7 Å². The third-order valence-corrected chi connectivity index (χ3v) is 4.72. The summed E-state index contributed by atoms with van der Waals surface area (Å²) in [6.07, 6.45) is 0. The van der Waals surface area contributed by atoms with Crippen LogP contribution in [0.5, 0.6) is 0 Å². The van der Waals surface area contributed by atoms with Crippen molar-refractivity contribution in [1.29, 1.82) is 0 Å². The van der Waals surface area contributed by atoms with Crippen LogP contribution >= 0.6 is 50.5 Å². The van der Waals surface area contributed by atoms with Crippen molar-refractivity contribution in [3.8, 4) is 0 Å². The number of thiophene rings is 1. The summed E-state index contributed by atoms with van der Waals surface area (Å²) >= 11 is 17.3. The number of aliphatic imine (C=N–C) groups is 2. The Morgan fingerprint density at radius 3 is 2.74 bits per heavy atom. The molecular formula is C13H7BrCl2N2S. The van der Waals surface area contributed by atoms with Gasteiger partial charge in [0.15, 0.2) is 0 Å². The summed E-state index contributed by atoms with van der Waals surface area (Å²) in [6.45, 7) is 0.376. The molecule has 0 spiro atoms. The average Bonchev–Trinajstić information content (AvgIpc) is 2.65. The van der Waals surface area contributed by atoms with Crippen LogP contribution in [0.3, 0.4) is 0 Å². The molecule has 0 unspecified atom stereocenters. The first kappa shape index (κ1) is 13.3. The Kier molecular flexibility index (Phi) is 3.76. The van der Waals surface area contributed by atoms with Gasteiger partial charge in [0.25, 0.3) is 0 Å². The quantitative estimate of drug-likeness (QED) is 0.649. The van der Waals surface area contributed by atoms with E-state index in [0.717, 1.165) is 25.6 Å². The molecule has 0 amide bonds. The van der Waals surface area contributed by atoms with Gasteiger partial charge in [-0.3, -0.25) is 4.99 Å². The second-order valence-corrected chi connectivity index (χ2v) is 7.16.